The molecule has 1 aromatic carbocycles. The summed E-state index contributed by atoms with van der Waals surface area (Å²) in [6, 6.07) is 7.76. The molecular weight excluding hydrogens is 234 g/mol. The van der Waals surface area contributed by atoms with Crippen molar-refractivity contribution in [3.63, 3.8) is 0 Å². The molecule has 1 aromatic heterocycles. The van der Waals surface area contributed by atoms with Gasteiger partial charge in [0.05, 0.1) is 12.8 Å². The lowest BCUT2D eigenvalue weighted by molar-refractivity contribution is -0.142. The van der Waals surface area contributed by atoms with E-state index in [1.165, 1.54) is 0 Å². The molecule has 6 heteroatoms. The predicted molar refractivity (Wildman–Crippen MR) is 66.5 cm³/mol. The number of carboxylic acid groups (broad SMARTS) is 1. The van der Waals surface area contributed by atoms with Crippen molar-refractivity contribution in [1.29, 1.82) is 0 Å². The number of nitrogens with zero attached hydrogens (tertiary/aromatic N) is 2. The quantitative estimate of drug-likeness (QED) is 0.745. The van der Waals surface area contributed by atoms with Crippen LogP contribution in [0.25, 0.3) is 10.8 Å². The van der Waals surface area contributed by atoms with Gasteiger partial charge in [-0.25, -0.2) is 4.79 Å². The van der Waals surface area contributed by atoms with Gasteiger partial charge >= 0.3 is 5.97 Å². The summed E-state index contributed by atoms with van der Waals surface area (Å²) in [6.07, 6.45) is 1.70. The van der Waals surface area contributed by atoms with Crippen molar-refractivity contribution in [3.05, 3.63) is 30.5 Å². The second-order valence-corrected chi connectivity index (χ2v) is 3.65. The zero-order valence-corrected chi connectivity index (χ0v) is 9.67. The van der Waals surface area contributed by atoms with Gasteiger partial charge in [-0.2, -0.15) is 5.10 Å². The molecule has 1 heterocycles. The standard InChI is InChI=1S/C12H13N3O3/c16-11(17)8-18-6-5-13-12-10-4-2-1-3-9(10)7-14-15-12/h1-4,7H,5-6,8H2,(H,13,15)(H,16,17). The molecule has 2 aromatic rings. The molecule has 0 unspecified atom stereocenters. The maximum atomic E-state index is 10.2. The van der Waals surface area contributed by atoms with E-state index in [-0.39, 0.29) is 6.61 Å². The van der Waals surface area contributed by atoms with E-state index < -0.39 is 5.97 Å². The molecule has 2 N–H and O–H groups in total. The van der Waals surface area contributed by atoms with Crippen LogP contribution in [0.15, 0.2) is 30.5 Å². The molecule has 0 aliphatic carbocycles. The fraction of sp³-hybridized carbons (Fsp3) is 0.250. The van der Waals surface area contributed by atoms with Crippen molar-refractivity contribution in [2.45, 2.75) is 0 Å². The Bertz CT molecular complexity index is 540. The first-order chi connectivity index (χ1) is 8.77. The minimum absolute atomic E-state index is 0.289. The largest absolute Gasteiger partial charge is 0.480 e. The van der Waals surface area contributed by atoms with Crippen molar-refractivity contribution < 1.29 is 14.6 Å². The fourth-order valence-corrected chi connectivity index (χ4v) is 1.56. The summed E-state index contributed by atoms with van der Waals surface area (Å²) in [6.45, 7) is 0.496. The highest BCUT2D eigenvalue weighted by molar-refractivity contribution is 5.90. The average molecular weight is 247 g/mol. The molecule has 0 aliphatic rings. The Kier molecular flexibility index (Phi) is 4.03. The van der Waals surface area contributed by atoms with E-state index in [1.54, 1.807) is 6.20 Å². The zero-order valence-electron chi connectivity index (χ0n) is 9.67. The summed E-state index contributed by atoms with van der Waals surface area (Å²) in [4.78, 5) is 10.2. The number of aliphatic carboxylic acids is 1. The summed E-state index contributed by atoms with van der Waals surface area (Å²) >= 11 is 0. The number of nitrogens with one attached hydrogen (secondary N) is 1. The Hall–Kier alpha value is -2.21. The van der Waals surface area contributed by atoms with Gasteiger partial charge in [0, 0.05) is 17.3 Å². The van der Waals surface area contributed by atoms with Crippen molar-refractivity contribution in [2.24, 2.45) is 0 Å². The molecule has 0 radical (unpaired) electrons. The molecule has 6 nitrogen and oxygen atoms in total. The van der Waals surface area contributed by atoms with E-state index in [1.807, 2.05) is 24.3 Å². The Balaban J connectivity index is 1.93. The van der Waals surface area contributed by atoms with Gasteiger partial charge in [0.25, 0.3) is 0 Å². The maximum Gasteiger partial charge on any atom is 0.329 e. The fourth-order valence-electron chi connectivity index (χ4n) is 1.56. The lowest BCUT2D eigenvalue weighted by Gasteiger charge is -2.07. The number of carbonyl (C=O) groups is 1. The molecule has 0 bridgehead atoms. The second-order valence-electron chi connectivity index (χ2n) is 3.65. The van der Waals surface area contributed by atoms with Crippen molar-refractivity contribution >= 4 is 22.6 Å². The predicted octanol–water partition coefficient (Wildman–Crippen LogP) is 1.14. The number of carboxylic acids is 1. The van der Waals surface area contributed by atoms with E-state index in [9.17, 15) is 4.79 Å². The van der Waals surface area contributed by atoms with Gasteiger partial charge in [-0.1, -0.05) is 24.3 Å². The van der Waals surface area contributed by atoms with Gasteiger partial charge in [0.2, 0.25) is 0 Å². The Morgan fingerprint density at radius 2 is 2.22 bits per heavy atom. The monoisotopic (exact) mass is 247 g/mol. The number of hydrogen-bond donors (Lipinski definition) is 2. The van der Waals surface area contributed by atoms with E-state index in [0.717, 1.165) is 10.8 Å². The molecule has 0 saturated heterocycles. The van der Waals surface area contributed by atoms with E-state index >= 15 is 0 Å². The van der Waals surface area contributed by atoms with Crippen LogP contribution in [0.2, 0.25) is 0 Å². The number of aromatic nitrogens is 2. The zero-order chi connectivity index (χ0) is 12.8. The lowest BCUT2D eigenvalue weighted by atomic mass is 10.2. The number of rotatable bonds is 6. The topological polar surface area (TPSA) is 84.3 Å². The SMILES string of the molecule is O=C(O)COCCNc1nncc2ccccc12. The second kappa shape index (κ2) is 5.92. The van der Waals surface area contributed by atoms with Gasteiger partial charge < -0.3 is 15.2 Å². The molecule has 0 saturated carbocycles. The van der Waals surface area contributed by atoms with Gasteiger partial charge in [-0.15, -0.1) is 5.10 Å². The Morgan fingerprint density at radius 3 is 3.06 bits per heavy atom. The third-order valence-electron chi connectivity index (χ3n) is 2.33. The summed E-state index contributed by atoms with van der Waals surface area (Å²) in [7, 11) is 0. The van der Waals surface area contributed by atoms with Crippen LogP contribution < -0.4 is 5.32 Å². The average Bonchev–Trinajstić information content (AvgIpc) is 2.38. The molecule has 94 valence electrons. The molecule has 18 heavy (non-hydrogen) atoms. The minimum atomic E-state index is -0.972. The smallest absolute Gasteiger partial charge is 0.329 e. The van der Waals surface area contributed by atoms with E-state index in [2.05, 4.69) is 15.5 Å². The lowest BCUT2D eigenvalue weighted by Crippen LogP contribution is -2.14. The number of anilines is 1. The Morgan fingerprint density at radius 1 is 1.39 bits per heavy atom. The first kappa shape index (κ1) is 12.3. The van der Waals surface area contributed by atoms with Crippen molar-refractivity contribution in [3.8, 4) is 0 Å². The number of hydrogen-bond acceptors (Lipinski definition) is 5. The highest BCUT2D eigenvalue weighted by Crippen LogP contribution is 2.18. The van der Waals surface area contributed by atoms with Crippen LogP contribution in [0.5, 0.6) is 0 Å². The number of ether oxygens (including phenoxy) is 1. The van der Waals surface area contributed by atoms with Crippen LogP contribution in [0, 0.1) is 0 Å². The number of fused-ring (bicyclic) bond motifs is 1. The highest BCUT2D eigenvalue weighted by atomic mass is 16.5. The normalized spacial score (nSPS) is 10.4. The van der Waals surface area contributed by atoms with Crippen LogP contribution in [-0.2, 0) is 9.53 Å². The van der Waals surface area contributed by atoms with Crippen LogP contribution in [0.4, 0.5) is 5.82 Å². The van der Waals surface area contributed by atoms with Gasteiger partial charge in [0.1, 0.15) is 6.61 Å². The molecule has 2 rings (SSSR count). The first-order valence-electron chi connectivity index (χ1n) is 5.51. The molecule has 0 atom stereocenters. The summed E-state index contributed by atoms with van der Waals surface area (Å²) in [5.74, 6) is -0.299. The van der Waals surface area contributed by atoms with Crippen molar-refractivity contribution in [2.75, 3.05) is 25.1 Å². The van der Waals surface area contributed by atoms with Gasteiger partial charge in [-0.3, -0.25) is 0 Å². The van der Waals surface area contributed by atoms with Crippen LogP contribution in [0.3, 0.4) is 0 Å². The molecule has 0 amide bonds. The highest BCUT2D eigenvalue weighted by Gasteiger charge is 2.02. The van der Waals surface area contributed by atoms with Crippen LogP contribution in [0.1, 0.15) is 0 Å². The third-order valence-corrected chi connectivity index (χ3v) is 2.33. The molecule has 0 fully saturated rings. The Labute approximate surface area is 104 Å². The minimum Gasteiger partial charge on any atom is -0.480 e. The summed E-state index contributed by atoms with van der Waals surface area (Å²) < 4.78 is 4.92. The number of benzene rings is 1. The summed E-state index contributed by atoms with van der Waals surface area (Å²) in [5.41, 5.74) is 0. The first-order valence-corrected chi connectivity index (χ1v) is 5.51. The van der Waals surface area contributed by atoms with Crippen LogP contribution in [-0.4, -0.2) is 41.0 Å². The molecule has 0 aliphatic heterocycles. The molecular formula is C12H13N3O3. The van der Waals surface area contributed by atoms with Crippen LogP contribution >= 0.6 is 0 Å². The van der Waals surface area contributed by atoms with E-state index in [0.29, 0.717) is 19.0 Å². The van der Waals surface area contributed by atoms with Gasteiger partial charge in [-0.05, 0) is 0 Å². The third kappa shape index (κ3) is 3.14. The van der Waals surface area contributed by atoms with Crippen molar-refractivity contribution in [1.82, 2.24) is 10.2 Å². The summed E-state index contributed by atoms with van der Waals surface area (Å²) in [5, 5.41) is 21.4. The van der Waals surface area contributed by atoms with Gasteiger partial charge in [0.15, 0.2) is 5.82 Å². The van der Waals surface area contributed by atoms with E-state index in [4.69, 9.17) is 9.84 Å². The maximum absolute atomic E-state index is 10.2. The molecule has 0 spiro atoms.